The molecule has 0 aliphatic heterocycles. The van der Waals surface area contributed by atoms with Crippen molar-refractivity contribution in [2.45, 2.75) is 13.3 Å². The predicted octanol–water partition coefficient (Wildman–Crippen LogP) is 2.18. The third-order valence-electron chi connectivity index (χ3n) is 2.18. The van der Waals surface area contributed by atoms with Gasteiger partial charge in [0.15, 0.2) is 5.11 Å². The Labute approximate surface area is 102 Å². The molecule has 0 heterocycles. The van der Waals surface area contributed by atoms with Crippen molar-refractivity contribution in [2.75, 3.05) is 25.6 Å². The van der Waals surface area contributed by atoms with Crippen molar-refractivity contribution in [3.63, 3.8) is 0 Å². The van der Waals surface area contributed by atoms with Gasteiger partial charge in [-0.1, -0.05) is 18.2 Å². The maximum Gasteiger partial charge on any atom is 0.170 e. The highest BCUT2D eigenvalue weighted by Gasteiger charge is 2.02. The number of para-hydroxylation sites is 1. The van der Waals surface area contributed by atoms with Gasteiger partial charge < -0.3 is 15.4 Å². The second-order valence-electron chi connectivity index (χ2n) is 3.38. The van der Waals surface area contributed by atoms with Gasteiger partial charge >= 0.3 is 0 Å². The molecule has 1 aromatic rings. The molecule has 0 aliphatic carbocycles. The molecule has 0 amide bonds. The highest BCUT2D eigenvalue weighted by Crippen LogP contribution is 2.15. The van der Waals surface area contributed by atoms with E-state index in [0.717, 1.165) is 18.7 Å². The highest BCUT2D eigenvalue weighted by molar-refractivity contribution is 7.80. The number of ether oxygens (including phenoxy) is 1. The number of methoxy groups -OCH3 is 1. The SMILES string of the molecule is CCNC(=S)Nc1ccccc1CCOC. The fraction of sp³-hybridized carbons (Fsp3) is 0.417. The number of thiocarbonyl (C=S) groups is 1. The third-order valence-corrected chi connectivity index (χ3v) is 2.42. The maximum absolute atomic E-state index is 5.15. The van der Waals surface area contributed by atoms with Gasteiger partial charge in [-0.3, -0.25) is 0 Å². The number of benzene rings is 1. The molecule has 4 heteroatoms. The van der Waals surface area contributed by atoms with Crippen LogP contribution in [0.25, 0.3) is 0 Å². The lowest BCUT2D eigenvalue weighted by Gasteiger charge is -2.12. The van der Waals surface area contributed by atoms with Crippen LogP contribution in [-0.4, -0.2) is 25.4 Å². The Kier molecular flexibility index (Phi) is 5.82. The zero-order valence-corrected chi connectivity index (χ0v) is 10.6. The summed E-state index contributed by atoms with van der Waals surface area (Å²) >= 11 is 5.15. The fourth-order valence-electron chi connectivity index (χ4n) is 1.40. The number of anilines is 1. The first-order valence-corrected chi connectivity index (χ1v) is 5.80. The molecule has 3 nitrogen and oxygen atoms in total. The monoisotopic (exact) mass is 238 g/mol. The van der Waals surface area contributed by atoms with E-state index in [2.05, 4.69) is 16.7 Å². The molecule has 0 atom stereocenters. The molecule has 2 N–H and O–H groups in total. The van der Waals surface area contributed by atoms with Gasteiger partial charge in [-0.25, -0.2) is 0 Å². The van der Waals surface area contributed by atoms with Gasteiger partial charge in [0.2, 0.25) is 0 Å². The molecule has 0 saturated carbocycles. The molecule has 0 aliphatic rings. The van der Waals surface area contributed by atoms with Crippen LogP contribution in [-0.2, 0) is 11.2 Å². The molecule has 0 saturated heterocycles. The summed E-state index contributed by atoms with van der Waals surface area (Å²) in [6.45, 7) is 3.56. The second kappa shape index (κ2) is 7.19. The van der Waals surface area contributed by atoms with Crippen LogP contribution in [0.1, 0.15) is 12.5 Å². The topological polar surface area (TPSA) is 33.3 Å². The van der Waals surface area contributed by atoms with E-state index in [1.54, 1.807) is 7.11 Å². The van der Waals surface area contributed by atoms with Crippen molar-refractivity contribution in [1.82, 2.24) is 5.32 Å². The highest BCUT2D eigenvalue weighted by atomic mass is 32.1. The Morgan fingerprint density at radius 1 is 1.38 bits per heavy atom. The summed E-state index contributed by atoms with van der Waals surface area (Å²) < 4.78 is 5.08. The van der Waals surface area contributed by atoms with Gasteiger partial charge in [0.1, 0.15) is 0 Å². The van der Waals surface area contributed by atoms with Gasteiger partial charge in [-0.2, -0.15) is 0 Å². The van der Waals surface area contributed by atoms with E-state index in [9.17, 15) is 0 Å². The van der Waals surface area contributed by atoms with Crippen LogP contribution in [0.4, 0.5) is 5.69 Å². The quantitative estimate of drug-likeness (QED) is 0.770. The summed E-state index contributed by atoms with van der Waals surface area (Å²) in [4.78, 5) is 0. The van der Waals surface area contributed by atoms with Crippen LogP contribution in [0.5, 0.6) is 0 Å². The number of rotatable bonds is 5. The Morgan fingerprint density at radius 3 is 2.81 bits per heavy atom. The maximum atomic E-state index is 5.15. The van der Waals surface area contributed by atoms with Crippen LogP contribution >= 0.6 is 12.2 Å². The fourth-order valence-corrected chi connectivity index (χ4v) is 1.65. The van der Waals surface area contributed by atoms with E-state index in [-0.39, 0.29) is 0 Å². The molecule has 0 aromatic heterocycles. The lowest BCUT2D eigenvalue weighted by molar-refractivity contribution is 0.202. The third kappa shape index (κ3) is 4.16. The summed E-state index contributed by atoms with van der Waals surface area (Å²) in [7, 11) is 1.71. The normalized spacial score (nSPS) is 9.88. The van der Waals surface area contributed by atoms with E-state index in [1.807, 2.05) is 25.1 Å². The first-order valence-electron chi connectivity index (χ1n) is 5.39. The van der Waals surface area contributed by atoms with Crippen LogP contribution in [0.3, 0.4) is 0 Å². The number of hydrogen-bond donors (Lipinski definition) is 2. The summed E-state index contributed by atoms with van der Waals surface area (Å²) in [5, 5.41) is 6.91. The van der Waals surface area contributed by atoms with E-state index in [1.165, 1.54) is 5.56 Å². The van der Waals surface area contributed by atoms with Crippen molar-refractivity contribution < 1.29 is 4.74 Å². The van der Waals surface area contributed by atoms with Gasteiger partial charge in [-0.15, -0.1) is 0 Å². The number of hydrogen-bond acceptors (Lipinski definition) is 2. The average molecular weight is 238 g/mol. The largest absolute Gasteiger partial charge is 0.384 e. The zero-order valence-electron chi connectivity index (χ0n) is 9.75. The smallest absolute Gasteiger partial charge is 0.170 e. The lowest BCUT2D eigenvalue weighted by atomic mass is 10.1. The van der Waals surface area contributed by atoms with E-state index >= 15 is 0 Å². The van der Waals surface area contributed by atoms with Crippen LogP contribution in [0.15, 0.2) is 24.3 Å². The average Bonchev–Trinajstić information content (AvgIpc) is 2.28. The van der Waals surface area contributed by atoms with Crippen molar-refractivity contribution >= 4 is 23.0 Å². The minimum absolute atomic E-state index is 0.660. The van der Waals surface area contributed by atoms with Crippen molar-refractivity contribution in [2.24, 2.45) is 0 Å². The first-order chi connectivity index (χ1) is 7.77. The molecule has 1 aromatic carbocycles. The summed E-state index contributed by atoms with van der Waals surface area (Å²) in [5.74, 6) is 0. The van der Waals surface area contributed by atoms with Gasteiger partial charge in [-0.05, 0) is 37.2 Å². The molecule has 16 heavy (non-hydrogen) atoms. The first kappa shape index (κ1) is 12.9. The minimum Gasteiger partial charge on any atom is -0.384 e. The zero-order chi connectivity index (χ0) is 11.8. The molecule has 0 unspecified atom stereocenters. The van der Waals surface area contributed by atoms with E-state index < -0.39 is 0 Å². The molecule has 0 bridgehead atoms. The van der Waals surface area contributed by atoms with Crippen LogP contribution in [0, 0.1) is 0 Å². The van der Waals surface area contributed by atoms with Gasteiger partial charge in [0.05, 0.1) is 6.61 Å². The number of nitrogens with one attached hydrogen (secondary N) is 2. The summed E-state index contributed by atoms with van der Waals surface area (Å²) in [5.41, 5.74) is 2.26. The van der Waals surface area contributed by atoms with Crippen molar-refractivity contribution in [1.29, 1.82) is 0 Å². The Hall–Kier alpha value is -1.13. The van der Waals surface area contributed by atoms with Gasteiger partial charge in [0.25, 0.3) is 0 Å². The molecule has 0 radical (unpaired) electrons. The lowest BCUT2D eigenvalue weighted by Crippen LogP contribution is -2.28. The summed E-state index contributed by atoms with van der Waals surface area (Å²) in [6, 6.07) is 8.12. The second-order valence-corrected chi connectivity index (χ2v) is 3.79. The van der Waals surface area contributed by atoms with Crippen molar-refractivity contribution in [3.05, 3.63) is 29.8 Å². The Morgan fingerprint density at radius 2 is 2.12 bits per heavy atom. The minimum atomic E-state index is 0.660. The van der Waals surface area contributed by atoms with Crippen LogP contribution in [0.2, 0.25) is 0 Å². The molecule has 0 fully saturated rings. The molecular weight excluding hydrogens is 220 g/mol. The Balaban J connectivity index is 2.66. The standard InChI is InChI=1S/C12H18N2OS/c1-3-13-12(16)14-11-7-5-4-6-10(11)8-9-15-2/h4-7H,3,8-9H2,1-2H3,(H2,13,14,16). The molecule has 88 valence electrons. The van der Waals surface area contributed by atoms with E-state index in [0.29, 0.717) is 11.7 Å². The Bertz CT molecular complexity index is 342. The van der Waals surface area contributed by atoms with E-state index in [4.69, 9.17) is 17.0 Å². The molecule has 0 spiro atoms. The van der Waals surface area contributed by atoms with Crippen molar-refractivity contribution in [3.8, 4) is 0 Å². The summed E-state index contributed by atoms with van der Waals surface area (Å²) in [6.07, 6.45) is 0.883. The molecule has 1 rings (SSSR count). The van der Waals surface area contributed by atoms with Crippen LogP contribution < -0.4 is 10.6 Å². The van der Waals surface area contributed by atoms with Gasteiger partial charge in [0, 0.05) is 19.3 Å². The molecular formula is C12H18N2OS. The predicted molar refractivity (Wildman–Crippen MR) is 71.9 cm³/mol.